The van der Waals surface area contributed by atoms with Gasteiger partial charge in [-0.3, -0.25) is 19.2 Å². The quantitative estimate of drug-likeness (QED) is 0.0939. The van der Waals surface area contributed by atoms with Crippen molar-refractivity contribution in [2.24, 2.45) is 11.8 Å². The van der Waals surface area contributed by atoms with E-state index in [2.05, 4.69) is 0 Å². The summed E-state index contributed by atoms with van der Waals surface area (Å²) in [6, 6.07) is 8.28. The van der Waals surface area contributed by atoms with Crippen LogP contribution in [0.15, 0.2) is 30.3 Å². The number of benzene rings is 2. The fourth-order valence-corrected chi connectivity index (χ4v) is 7.40. The van der Waals surface area contributed by atoms with Crippen molar-refractivity contribution < 1.29 is 50.9 Å². The number of ether oxygens (including phenoxy) is 4. The molecule has 2 heterocycles. The lowest BCUT2D eigenvalue weighted by atomic mass is 10.0. The Hall–Kier alpha value is -4.12. The summed E-state index contributed by atoms with van der Waals surface area (Å²) in [5.41, 5.74) is 0. The van der Waals surface area contributed by atoms with Crippen LogP contribution in [-0.2, 0) is 19.8 Å². The lowest BCUT2D eigenvalue weighted by molar-refractivity contribution is -0.122. The molecule has 4 rings (SSSR count). The van der Waals surface area contributed by atoms with Gasteiger partial charge in [-0.1, -0.05) is 13.8 Å². The predicted octanol–water partition coefficient (Wildman–Crippen LogP) is 6.05. The largest absolute Gasteiger partial charge is 0.493 e. The summed E-state index contributed by atoms with van der Waals surface area (Å²) < 4.78 is 66.3. The first kappa shape index (κ1) is 38.7. The fraction of sp³-hybridized carbons (Fsp3) is 0.412. The van der Waals surface area contributed by atoms with Gasteiger partial charge >= 0.3 is 10.2 Å². The van der Waals surface area contributed by atoms with Gasteiger partial charge in [0.05, 0.1) is 37.2 Å². The van der Waals surface area contributed by atoms with Crippen molar-refractivity contribution >= 4 is 76.3 Å². The molecule has 0 radical (unpaired) electrons. The molecule has 0 fully saturated rings. The number of carbonyl (C=O) groups is 4. The molecule has 0 spiro atoms. The molecule has 16 heteroatoms. The Bertz CT molecular complexity index is 2040. The Balaban J connectivity index is 1.39. The van der Waals surface area contributed by atoms with Crippen LogP contribution in [0.3, 0.4) is 0 Å². The highest BCUT2D eigenvalue weighted by molar-refractivity contribution is 7.87. The van der Waals surface area contributed by atoms with Gasteiger partial charge in [-0.2, -0.15) is 12.7 Å². The molecule has 50 heavy (non-hydrogen) atoms. The van der Waals surface area contributed by atoms with Gasteiger partial charge in [-0.25, -0.2) is 9.11 Å². The van der Waals surface area contributed by atoms with Crippen molar-refractivity contribution in [1.29, 1.82) is 0 Å². The third-order valence-corrected chi connectivity index (χ3v) is 11.6. The maximum Gasteiger partial charge on any atom is 0.303 e. The number of carbonyl (C=O) groups excluding carboxylic acids is 4. The Labute approximate surface area is 297 Å². The van der Waals surface area contributed by atoms with E-state index in [1.54, 1.807) is 31.2 Å². The second-order valence-corrected chi connectivity index (χ2v) is 15.9. The molecule has 0 aliphatic rings. The van der Waals surface area contributed by atoms with Gasteiger partial charge in [-0.05, 0) is 30.5 Å². The van der Waals surface area contributed by atoms with E-state index < -0.39 is 33.6 Å². The van der Waals surface area contributed by atoms with Crippen molar-refractivity contribution in [3.8, 4) is 23.0 Å². The molecule has 0 saturated heterocycles. The summed E-state index contributed by atoms with van der Waals surface area (Å²) >= 11 is 2.35. The van der Waals surface area contributed by atoms with Crippen molar-refractivity contribution in [3.05, 3.63) is 45.9 Å². The van der Waals surface area contributed by atoms with Crippen LogP contribution in [0.1, 0.15) is 59.4 Å². The Morgan fingerprint density at radius 2 is 1.40 bits per heavy atom. The van der Waals surface area contributed by atoms with E-state index in [0.29, 0.717) is 27.5 Å². The van der Waals surface area contributed by atoms with Crippen molar-refractivity contribution in [1.82, 2.24) is 9.03 Å². The normalized spacial score (nSPS) is 12.9. The molecular weight excluding hydrogens is 712 g/mol. The first-order chi connectivity index (χ1) is 23.6. The summed E-state index contributed by atoms with van der Waals surface area (Å²) in [4.78, 5) is 50.4. The van der Waals surface area contributed by atoms with Crippen LogP contribution in [0.2, 0.25) is 0 Å². The Morgan fingerprint density at radius 1 is 0.820 bits per heavy atom. The minimum Gasteiger partial charge on any atom is -0.493 e. The second kappa shape index (κ2) is 16.3. The summed E-state index contributed by atoms with van der Waals surface area (Å²) in [7, 11) is 1.41. The molecular formula is C34H39FN2O10S3. The first-order valence-electron chi connectivity index (χ1n) is 15.5. The van der Waals surface area contributed by atoms with Crippen LogP contribution < -0.4 is 23.7 Å². The van der Waals surface area contributed by atoms with Crippen molar-refractivity contribution in [2.75, 3.05) is 41.5 Å². The number of methoxy groups -OCH3 is 2. The van der Waals surface area contributed by atoms with Gasteiger partial charge in [0, 0.05) is 72.1 Å². The topological polar surface area (TPSA) is 155 Å². The summed E-state index contributed by atoms with van der Waals surface area (Å²) in [6.45, 7) is 4.89. The summed E-state index contributed by atoms with van der Waals surface area (Å²) in [6.07, 6.45) is 0.210. The molecule has 12 nitrogen and oxygen atoms in total. The van der Waals surface area contributed by atoms with E-state index in [1.807, 2.05) is 4.72 Å². The van der Waals surface area contributed by atoms with Crippen LogP contribution in [0, 0.1) is 17.7 Å². The minimum absolute atomic E-state index is 0.0384. The van der Waals surface area contributed by atoms with Crippen LogP contribution in [0.4, 0.5) is 4.39 Å². The standard InChI is InChI=1S/C34H39FN2O10S3/c1-18(20(3)38)11-23(39)30-14-21-13-26(25(44-6)16-28(21)48-30)46-9-8-10-47-33-27(45-7)17-29-22(32(33)35)15-31(49-29)24(40)12-19(2)34(41)36-50(42,43)37(4)5/h13-19H,8-12H2,1-7H3,(H,36,41)/t18-,19-/m0/s1. The zero-order chi connectivity index (χ0) is 36.9. The number of halogens is 1. The lowest BCUT2D eigenvalue weighted by Crippen LogP contribution is -2.42. The molecule has 1 N–H and O–H groups in total. The maximum absolute atomic E-state index is 15.7. The number of hydrogen-bond donors (Lipinski definition) is 1. The number of hydrogen-bond acceptors (Lipinski definition) is 12. The zero-order valence-corrected chi connectivity index (χ0v) is 31.2. The Morgan fingerprint density at radius 3 is 2.02 bits per heavy atom. The highest BCUT2D eigenvalue weighted by Gasteiger charge is 2.26. The van der Waals surface area contributed by atoms with Gasteiger partial charge in [0.2, 0.25) is 5.91 Å². The van der Waals surface area contributed by atoms with Crippen molar-refractivity contribution in [3.63, 3.8) is 0 Å². The summed E-state index contributed by atoms with van der Waals surface area (Å²) in [5.74, 6) is -2.51. The third kappa shape index (κ3) is 8.96. The second-order valence-electron chi connectivity index (χ2n) is 11.9. The number of amides is 1. The lowest BCUT2D eigenvalue weighted by Gasteiger charge is -2.15. The van der Waals surface area contributed by atoms with Crippen LogP contribution in [0.25, 0.3) is 20.2 Å². The van der Waals surface area contributed by atoms with Gasteiger partial charge in [0.15, 0.2) is 40.4 Å². The monoisotopic (exact) mass is 750 g/mol. The highest BCUT2D eigenvalue weighted by atomic mass is 32.2. The van der Waals surface area contributed by atoms with E-state index in [9.17, 15) is 27.6 Å². The molecule has 0 bridgehead atoms. The number of fused-ring (bicyclic) bond motifs is 2. The van der Waals surface area contributed by atoms with E-state index in [-0.39, 0.29) is 65.3 Å². The highest BCUT2D eigenvalue weighted by Crippen LogP contribution is 2.41. The maximum atomic E-state index is 15.7. The molecule has 0 aliphatic carbocycles. The van der Waals surface area contributed by atoms with Crippen LogP contribution >= 0.6 is 22.7 Å². The predicted molar refractivity (Wildman–Crippen MR) is 190 cm³/mol. The van der Waals surface area contributed by atoms with Gasteiger partial charge in [0.1, 0.15) is 5.78 Å². The molecule has 0 saturated carbocycles. The molecule has 270 valence electrons. The van der Waals surface area contributed by atoms with Crippen LogP contribution in [-0.4, -0.2) is 77.5 Å². The number of nitrogens with zero attached hydrogens (tertiary/aromatic N) is 1. The van der Waals surface area contributed by atoms with Crippen molar-refractivity contribution in [2.45, 2.75) is 40.0 Å². The van der Waals surface area contributed by atoms with E-state index >= 15 is 4.39 Å². The van der Waals surface area contributed by atoms with Crippen LogP contribution in [0.5, 0.6) is 23.0 Å². The summed E-state index contributed by atoms with van der Waals surface area (Å²) in [5, 5.41) is 0.935. The van der Waals surface area contributed by atoms with E-state index in [0.717, 1.165) is 25.7 Å². The molecule has 2 atom stereocenters. The molecule has 1 amide bonds. The molecule has 0 unspecified atom stereocenters. The third-order valence-electron chi connectivity index (χ3n) is 7.88. The number of Topliss-reactive ketones (excluding diaryl/α,β-unsaturated/α-hetero) is 3. The fourth-order valence-electron chi connectivity index (χ4n) is 4.71. The average molecular weight is 751 g/mol. The zero-order valence-electron chi connectivity index (χ0n) is 28.7. The average Bonchev–Trinajstić information content (AvgIpc) is 3.69. The Kier molecular flexibility index (Phi) is 12.6. The molecule has 2 aromatic heterocycles. The number of rotatable bonds is 18. The molecule has 4 aromatic rings. The smallest absolute Gasteiger partial charge is 0.303 e. The van der Waals surface area contributed by atoms with Gasteiger partial charge in [-0.15, -0.1) is 22.7 Å². The molecule has 0 aliphatic heterocycles. The molecule has 2 aromatic carbocycles. The van der Waals surface area contributed by atoms with E-state index in [4.69, 9.17) is 18.9 Å². The minimum atomic E-state index is -4.01. The number of thiophene rings is 2. The van der Waals surface area contributed by atoms with Gasteiger partial charge < -0.3 is 18.9 Å². The SMILES string of the molecule is COc1cc2sc(C(=O)C[C@H](C)C(C)=O)cc2cc1OCCCOc1c(OC)cc2sc(C(=O)C[C@H](C)C(=O)NS(=O)(=O)N(C)C)cc2c1F. The first-order valence-corrected chi connectivity index (χ1v) is 18.6. The van der Waals surface area contributed by atoms with Gasteiger partial charge in [0.25, 0.3) is 0 Å². The number of ketones is 3. The van der Waals surface area contributed by atoms with E-state index in [1.165, 1.54) is 59.6 Å². The number of nitrogens with one attached hydrogen (secondary N) is 1.